The predicted molar refractivity (Wildman–Crippen MR) is 80.3 cm³/mol. The smallest absolute Gasteiger partial charge is 0.0709 e. The first-order chi connectivity index (χ1) is 9.26. The lowest BCUT2D eigenvalue weighted by Crippen LogP contribution is -2.22. The van der Waals surface area contributed by atoms with Crippen LogP contribution in [0, 0.1) is 0 Å². The molecule has 3 heteroatoms. The molecule has 102 valence electrons. The summed E-state index contributed by atoms with van der Waals surface area (Å²) >= 11 is 0. The highest BCUT2D eigenvalue weighted by molar-refractivity contribution is 5.55. The van der Waals surface area contributed by atoms with Gasteiger partial charge in [0.1, 0.15) is 0 Å². The second kappa shape index (κ2) is 6.53. The summed E-state index contributed by atoms with van der Waals surface area (Å²) in [5.41, 5.74) is 3.73. The molecule has 1 unspecified atom stereocenters. The summed E-state index contributed by atoms with van der Waals surface area (Å²) in [5.74, 6) is 0. The van der Waals surface area contributed by atoms with Crippen molar-refractivity contribution < 1.29 is 0 Å². The zero-order chi connectivity index (χ0) is 13.7. The van der Waals surface area contributed by atoms with E-state index in [-0.39, 0.29) is 0 Å². The van der Waals surface area contributed by atoms with Crippen LogP contribution in [0.4, 0.5) is 0 Å². The highest BCUT2D eigenvalue weighted by Gasteiger charge is 2.16. The monoisotopic (exact) mass is 257 g/mol. The first-order valence-corrected chi connectivity index (χ1v) is 7.08. The predicted octanol–water partition coefficient (Wildman–Crippen LogP) is 3.73. The lowest BCUT2D eigenvalue weighted by molar-refractivity contribution is 0.526. The molecule has 0 saturated carbocycles. The third-order valence-electron chi connectivity index (χ3n) is 3.47. The van der Waals surface area contributed by atoms with E-state index < -0.39 is 0 Å². The van der Waals surface area contributed by atoms with E-state index in [0.717, 1.165) is 25.8 Å². The van der Waals surface area contributed by atoms with E-state index >= 15 is 0 Å². The summed E-state index contributed by atoms with van der Waals surface area (Å²) in [6.45, 7) is 9.51. The largest absolute Gasteiger partial charge is 0.310 e. The van der Waals surface area contributed by atoms with Crippen molar-refractivity contribution in [2.24, 2.45) is 0 Å². The van der Waals surface area contributed by atoms with Crippen LogP contribution in [0.1, 0.15) is 44.7 Å². The van der Waals surface area contributed by atoms with Gasteiger partial charge in [0.15, 0.2) is 0 Å². The van der Waals surface area contributed by atoms with E-state index in [1.807, 2.05) is 23.0 Å². The Morgan fingerprint density at radius 3 is 3.00 bits per heavy atom. The van der Waals surface area contributed by atoms with Gasteiger partial charge in [-0.1, -0.05) is 32.1 Å². The van der Waals surface area contributed by atoms with E-state index in [1.165, 1.54) is 16.7 Å². The van der Waals surface area contributed by atoms with Gasteiger partial charge in [0.25, 0.3) is 0 Å². The maximum atomic E-state index is 4.43. The maximum Gasteiger partial charge on any atom is 0.0709 e. The number of nitrogens with zero attached hydrogens (tertiary/aromatic N) is 2. The van der Waals surface area contributed by atoms with Gasteiger partial charge in [-0.25, -0.2) is 4.52 Å². The third kappa shape index (κ3) is 3.24. The van der Waals surface area contributed by atoms with Crippen LogP contribution >= 0.6 is 0 Å². The molecule has 0 spiro atoms. The molecule has 0 fully saturated rings. The standard InChI is InChI=1S/C16H23N3/c1-4-9-17-15(11-13(3)5-2)14-12-18-19-10-7-6-8-16(14)19/h6-8,10,12,15,17H,3-5,9,11H2,1-2H3. The Morgan fingerprint density at radius 2 is 2.26 bits per heavy atom. The summed E-state index contributed by atoms with van der Waals surface area (Å²) in [6, 6.07) is 6.50. The molecule has 0 aliphatic heterocycles. The van der Waals surface area contributed by atoms with E-state index in [9.17, 15) is 0 Å². The molecule has 0 bridgehead atoms. The fourth-order valence-corrected chi connectivity index (χ4v) is 2.27. The van der Waals surface area contributed by atoms with Crippen LogP contribution in [-0.4, -0.2) is 16.2 Å². The van der Waals surface area contributed by atoms with E-state index in [2.05, 4.69) is 43.0 Å². The molecule has 3 nitrogen and oxygen atoms in total. The first-order valence-electron chi connectivity index (χ1n) is 7.08. The van der Waals surface area contributed by atoms with Gasteiger partial charge >= 0.3 is 0 Å². The van der Waals surface area contributed by atoms with Crippen LogP contribution in [0.3, 0.4) is 0 Å². The minimum Gasteiger partial charge on any atom is -0.310 e. The molecule has 0 aromatic carbocycles. The first kappa shape index (κ1) is 13.8. The number of pyridine rings is 1. The molecule has 2 aromatic rings. The number of hydrogen-bond acceptors (Lipinski definition) is 2. The van der Waals surface area contributed by atoms with Crippen LogP contribution < -0.4 is 5.32 Å². The second-order valence-corrected chi connectivity index (χ2v) is 4.94. The van der Waals surface area contributed by atoms with Crippen molar-refractivity contribution in [3.05, 3.63) is 48.3 Å². The molecule has 2 heterocycles. The van der Waals surface area contributed by atoms with Gasteiger partial charge < -0.3 is 5.32 Å². The van der Waals surface area contributed by atoms with Crippen molar-refractivity contribution in [3.8, 4) is 0 Å². The molecule has 1 atom stereocenters. The highest BCUT2D eigenvalue weighted by Crippen LogP contribution is 2.25. The molecule has 2 aromatic heterocycles. The lowest BCUT2D eigenvalue weighted by Gasteiger charge is -2.18. The molecule has 19 heavy (non-hydrogen) atoms. The molecule has 2 rings (SSSR count). The number of fused-ring (bicyclic) bond motifs is 1. The quantitative estimate of drug-likeness (QED) is 0.766. The fourth-order valence-electron chi connectivity index (χ4n) is 2.27. The summed E-state index contributed by atoms with van der Waals surface area (Å²) in [7, 11) is 0. The normalized spacial score (nSPS) is 12.7. The molecule has 1 N–H and O–H groups in total. The van der Waals surface area contributed by atoms with Gasteiger partial charge in [-0.3, -0.25) is 0 Å². The van der Waals surface area contributed by atoms with Crippen LogP contribution in [0.15, 0.2) is 42.7 Å². The summed E-state index contributed by atoms with van der Waals surface area (Å²) < 4.78 is 1.94. The number of nitrogens with one attached hydrogen (secondary N) is 1. The Balaban J connectivity index is 2.28. The molecule has 0 saturated heterocycles. The Kier molecular flexibility index (Phi) is 4.74. The van der Waals surface area contributed by atoms with Crippen molar-refractivity contribution in [1.29, 1.82) is 0 Å². The maximum absolute atomic E-state index is 4.43. The van der Waals surface area contributed by atoms with Gasteiger partial charge in [0, 0.05) is 17.8 Å². The lowest BCUT2D eigenvalue weighted by atomic mass is 9.99. The van der Waals surface area contributed by atoms with Crippen molar-refractivity contribution in [2.45, 2.75) is 39.2 Å². The van der Waals surface area contributed by atoms with Gasteiger partial charge in [0.05, 0.1) is 11.7 Å². The Labute approximate surface area is 115 Å². The van der Waals surface area contributed by atoms with E-state index in [1.54, 1.807) is 0 Å². The summed E-state index contributed by atoms with van der Waals surface area (Å²) in [5, 5.41) is 8.04. The molecular formula is C16H23N3. The zero-order valence-corrected chi connectivity index (χ0v) is 11.9. The third-order valence-corrected chi connectivity index (χ3v) is 3.47. The summed E-state index contributed by atoms with van der Waals surface area (Å²) in [6.07, 6.45) is 7.11. The fraction of sp³-hybridized carbons (Fsp3) is 0.438. The SMILES string of the molecule is C=C(CC)CC(NCCC)c1cnn2ccccc12. The Bertz CT molecular complexity index is 542. The molecule has 0 amide bonds. The van der Waals surface area contributed by atoms with Crippen molar-refractivity contribution in [1.82, 2.24) is 14.9 Å². The Hall–Kier alpha value is -1.61. The molecular weight excluding hydrogens is 234 g/mol. The minimum absolute atomic E-state index is 0.312. The topological polar surface area (TPSA) is 29.3 Å². The summed E-state index contributed by atoms with van der Waals surface area (Å²) in [4.78, 5) is 0. The van der Waals surface area contributed by atoms with Gasteiger partial charge in [-0.15, -0.1) is 0 Å². The molecule has 0 aliphatic rings. The van der Waals surface area contributed by atoms with Gasteiger partial charge in [-0.2, -0.15) is 5.10 Å². The van der Waals surface area contributed by atoms with Crippen molar-refractivity contribution in [2.75, 3.05) is 6.54 Å². The van der Waals surface area contributed by atoms with Gasteiger partial charge in [-0.05, 0) is 37.9 Å². The van der Waals surface area contributed by atoms with Crippen LogP contribution in [0.2, 0.25) is 0 Å². The van der Waals surface area contributed by atoms with Gasteiger partial charge in [0.2, 0.25) is 0 Å². The van der Waals surface area contributed by atoms with E-state index in [0.29, 0.717) is 6.04 Å². The Morgan fingerprint density at radius 1 is 1.42 bits per heavy atom. The van der Waals surface area contributed by atoms with Crippen molar-refractivity contribution >= 4 is 5.52 Å². The minimum atomic E-state index is 0.312. The van der Waals surface area contributed by atoms with E-state index in [4.69, 9.17) is 0 Å². The highest BCUT2D eigenvalue weighted by atomic mass is 15.2. The number of hydrogen-bond donors (Lipinski definition) is 1. The number of aromatic nitrogens is 2. The average molecular weight is 257 g/mol. The molecule has 0 aliphatic carbocycles. The zero-order valence-electron chi connectivity index (χ0n) is 11.9. The average Bonchev–Trinajstić information content (AvgIpc) is 2.87. The van der Waals surface area contributed by atoms with Crippen LogP contribution in [-0.2, 0) is 0 Å². The van der Waals surface area contributed by atoms with Crippen molar-refractivity contribution in [3.63, 3.8) is 0 Å². The van der Waals surface area contributed by atoms with Crippen LogP contribution in [0.5, 0.6) is 0 Å². The second-order valence-electron chi connectivity index (χ2n) is 4.94. The number of rotatable bonds is 7. The van der Waals surface area contributed by atoms with Crippen LogP contribution in [0.25, 0.3) is 5.52 Å². The molecule has 0 radical (unpaired) electrons.